The highest BCUT2D eigenvalue weighted by atomic mass is 32.2. The second-order valence-corrected chi connectivity index (χ2v) is 9.83. The van der Waals surface area contributed by atoms with Gasteiger partial charge in [-0.25, -0.2) is 12.8 Å². The van der Waals surface area contributed by atoms with Crippen LogP contribution in [0, 0.1) is 12.7 Å². The van der Waals surface area contributed by atoms with Gasteiger partial charge in [0.1, 0.15) is 12.4 Å². The lowest BCUT2D eigenvalue weighted by Gasteiger charge is -2.29. The van der Waals surface area contributed by atoms with E-state index in [9.17, 15) is 17.6 Å². The first-order chi connectivity index (χ1) is 16.3. The maximum absolute atomic E-state index is 14.6. The second-order valence-electron chi connectivity index (χ2n) is 7.97. The molecule has 3 aromatic carbocycles. The van der Waals surface area contributed by atoms with E-state index in [1.807, 2.05) is 19.1 Å². The van der Waals surface area contributed by atoms with E-state index in [-0.39, 0.29) is 10.6 Å². The van der Waals surface area contributed by atoms with E-state index in [0.717, 1.165) is 34.7 Å². The molecule has 0 radical (unpaired) electrons. The van der Waals surface area contributed by atoms with Gasteiger partial charge in [-0.3, -0.25) is 9.10 Å². The highest BCUT2D eigenvalue weighted by molar-refractivity contribution is 7.92. The molecule has 1 fully saturated rings. The Kier molecular flexibility index (Phi) is 7.14. The Morgan fingerprint density at radius 3 is 2.29 bits per heavy atom. The van der Waals surface area contributed by atoms with Crippen LogP contribution in [0.1, 0.15) is 5.56 Å². The number of rotatable bonds is 7. The van der Waals surface area contributed by atoms with Gasteiger partial charge in [0.2, 0.25) is 5.91 Å². The molecule has 0 aliphatic carbocycles. The Morgan fingerprint density at radius 1 is 1.00 bits per heavy atom. The van der Waals surface area contributed by atoms with E-state index in [1.165, 1.54) is 30.3 Å². The van der Waals surface area contributed by atoms with Crippen LogP contribution in [0.4, 0.5) is 21.5 Å². The van der Waals surface area contributed by atoms with Crippen LogP contribution in [0.15, 0.2) is 77.7 Å². The summed E-state index contributed by atoms with van der Waals surface area (Å²) in [4.78, 5) is 15.0. The molecule has 1 heterocycles. The van der Waals surface area contributed by atoms with Crippen molar-refractivity contribution in [3.05, 3.63) is 84.2 Å². The van der Waals surface area contributed by atoms with Crippen molar-refractivity contribution in [3.8, 4) is 0 Å². The highest BCUT2D eigenvalue weighted by Gasteiger charge is 2.29. The third-order valence-corrected chi connectivity index (χ3v) is 7.32. The molecule has 9 heteroatoms. The molecule has 0 unspecified atom stereocenters. The lowest BCUT2D eigenvalue weighted by atomic mass is 10.2. The number of aryl methyl sites for hydroxylation is 1. The summed E-state index contributed by atoms with van der Waals surface area (Å²) in [5.74, 6) is -1.32. The fourth-order valence-corrected chi connectivity index (χ4v) is 5.13. The van der Waals surface area contributed by atoms with Crippen LogP contribution in [0.2, 0.25) is 0 Å². The number of hydrogen-bond donors (Lipinski definition) is 1. The number of halogens is 1. The number of anilines is 3. The summed E-state index contributed by atoms with van der Waals surface area (Å²) in [7, 11) is -4.19. The Balaban J connectivity index is 1.55. The lowest BCUT2D eigenvalue weighted by Crippen LogP contribution is -2.38. The number of sulfonamides is 1. The molecule has 34 heavy (non-hydrogen) atoms. The molecule has 0 spiro atoms. The minimum Gasteiger partial charge on any atom is -0.378 e. The van der Waals surface area contributed by atoms with Crippen LogP contribution in [0.25, 0.3) is 0 Å². The summed E-state index contributed by atoms with van der Waals surface area (Å²) in [5, 5.41) is 2.71. The average molecular weight is 484 g/mol. The Morgan fingerprint density at radius 2 is 1.65 bits per heavy atom. The van der Waals surface area contributed by atoms with E-state index >= 15 is 0 Å². The SMILES string of the molecule is Cc1ccc(S(=O)(=O)N(CC(=O)Nc2ccc(N3CCOCC3)cc2)c2ccccc2F)cc1. The summed E-state index contributed by atoms with van der Waals surface area (Å²) in [6.07, 6.45) is 0. The van der Waals surface area contributed by atoms with Crippen LogP contribution >= 0.6 is 0 Å². The Labute approximate surface area is 198 Å². The molecule has 4 rings (SSSR count). The maximum atomic E-state index is 14.6. The van der Waals surface area contributed by atoms with Gasteiger partial charge in [0.15, 0.2) is 0 Å². The molecule has 178 valence electrons. The molecule has 0 bridgehead atoms. The van der Waals surface area contributed by atoms with Gasteiger partial charge in [0, 0.05) is 24.5 Å². The third-order valence-electron chi connectivity index (χ3n) is 5.54. The van der Waals surface area contributed by atoms with Gasteiger partial charge in [0.05, 0.1) is 23.8 Å². The quantitative estimate of drug-likeness (QED) is 0.553. The van der Waals surface area contributed by atoms with Gasteiger partial charge in [-0.15, -0.1) is 0 Å². The maximum Gasteiger partial charge on any atom is 0.264 e. The molecule has 1 saturated heterocycles. The Hall–Kier alpha value is -3.43. The zero-order valence-corrected chi connectivity index (χ0v) is 19.6. The van der Waals surface area contributed by atoms with Crippen LogP contribution in [0.5, 0.6) is 0 Å². The average Bonchev–Trinajstić information content (AvgIpc) is 2.84. The van der Waals surface area contributed by atoms with Crippen molar-refractivity contribution in [3.63, 3.8) is 0 Å². The van der Waals surface area contributed by atoms with Crippen molar-refractivity contribution >= 4 is 33.0 Å². The van der Waals surface area contributed by atoms with Gasteiger partial charge in [-0.05, 0) is 55.5 Å². The predicted molar refractivity (Wildman–Crippen MR) is 130 cm³/mol. The van der Waals surface area contributed by atoms with Crippen LogP contribution < -0.4 is 14.5 Å². The molecule has 0 atom stereocenters. The number of nitrogens with zero attached hydrogens (tertiary/aromatic N) is 2. The Bertz CT molecular complexity index is 1240. The topological polar surface area (TPSA) is 79.0 Å². The van der Waals surface area contributed by atoms with Gasteiger partial charge in [-0.1, -0.05) is 29.8 Å². The molecular weight excluding hydrogens is 457 g/mol. The first-order valence-corrected chi connectivity index (χ1v) is 12.4. The van der Waals surface area contributed by atoms with Gasteiger partial charge in [-0.2, -0.15) is 0 Å². The van der Waals surface area contributed by atoms with Crippen molar-refractivity contribution in [2.45, 2.75) is 11.8 Å². The molecule has 7 nitrogen and oxygen atoms in total. The third kappa shape index (κ3) is 5.37. The number of carbonyl (C=O) groups is 1. The van der Waals surface area contributed by atoms with E-state index in [4.69, 9.17) is 4.74 Å². The molecule has 1 N–H and O–H groups in total. The van der Waals surface area contributed by atoms with Gasteiger partial charge < -0.3 is 15.0 Å². The fraction of sp³-hybridized carbons (Fsp3) is 0.240. The minimum absolute atomic E-state index is 0.0241. The molecule has 0 aromatic heterocycles. The van der Waals surface area contributed by atoms with Crippen molar-refractivity contribution in [2.75, 3.05) is 47.4 Å². The smallest absolute Gasteiger partial charge is 0.264 e. The molecule has 0 saturated carbocycles. The number of carbonyl (C=O) groups excluding carboxylic acids is 1. The zero-order chi connectivity index (χ0) is 24.1. The molecule has 1 amide bonds. The lowest BCUT2D eigenvalue weighted by molar-refractivity contribution is -0.114. The standard InChI is InChI=1S/C25H26FN3O4S/c1-19-6-12-22(13-7-19)34(31,32)29(24-5-3-2-4-23(24)26)18-25(30)27-20-8-10-21(11-9-20)28-14-16-33-17-15-28/h2-13H,14-18H2,1H3,(H,27,30). The number of benzene rings is 3. The summed E-state index contributed by atoms with van der Waals surface area (Å²) in [6, 6.07) is 19.0. The second kappa shape index (κ2) is 10.2. The van der Waals surface area contributed by atoms with Crippen LogP contribution in [-0.2, 0) is 19.6 Å². The van der Waals surface area contributed by atoms with E-state index < -0.39 is 28.3 Å². The van der Waals surface area contributed by atoms with E-state index in [0.29, 0.717) is 18.9 Å². The number of para-hydroxylation sites is 1. The number of ether oxygens (including phenoxy) is 1. The molecular formula is C25H26FN3O4S. The molecule has 1 aliphatic heterocycles. The molecule has 1 aliphatic rings. The van der Waals surface area contributed by atoms with Crippen molar-refractivity contribution in [1.29, 1.82) is 0 Å². The zero-order valence-electron chi connectivity index (χ0n) is 18.8. The normalized spacial score (nSPS) is 14.0. The number of amides is 1. The summed E-state index contributed by atoms with van der Waals surface area (Å²) in [5.41, 5.74) is 2.22. The summed E-state index contributed by atoms with van der Waals surface area (Å²) < 4.78 is 47.5. The van der Waals surface area contributed by atoms with Crippen molar-refractivity contribution < 1.29 is 22.3 Å². The van der Waals surface area contributed by atoms with Crippen molar-refractivity contribution in [1.82, 2.24) is 0 Å². The van der Waals surface area contributed by atoms with Crippen LogP contribution in [0.3, 0.4) is 0 Å². The van der Waals surface area contributed by atoms with E-state index in [1.54, 1.807) is 24.3 Å². The van der Waals surface area contributed by atoms with Crippen LogP contribution in [-0.4, -0.2) is 47.2 Å². The minimum atomic E-state index is -4.19. The van der Waals surface area contributed by atoms with Gasteiger partial charge >= 0.3 is 0 Å². The number of nitrogens with one attached hydrogen (secondary N) is 1. The van der Waals surface area contributed by atoms with Crippen molar-refractivity contribution in [2.24, 2.45) is 0 Å². The first kappa shape index (κ1) is 23.7. The molecule has 3 aromatic rings. The number of hydrogen-bond acceptors (Lipinski definition) is 5. The monoisotopic (exact) mass is 483 g/mol. The predicted octanol–water partition coefficient (Wildman–Crippen LogP) is 3.80. The fourth-order valence-electron chi connectivity index (χ4n) is 3.70. The first-order valence-electron chi connectivity index (χ1n) is 10.9. The summed E-state index contributed by atoms with van der Waals surface area (Å²) >= 11 is 0. The number of morpholine rings is 1. The van der Waals surface area contributed by atoms with E-state index in [2.05, 4.69) is 10.2 Å². The highest BCUT2D eigenvalue weighted by Crippen LogP contribution is 2.27. The van der Waals surface area contributed by atoms with Gasteiger partial charge in [0.25, 0.3) is 10.0 Å². The summed E-state index contributed by atoms with van der Waals surface area (Å²) in [6.45, 7) is 4.17. The largest absolute Gasteiger partial charge is 0.378 e.